The summed E-state index contributed by atoms with van der Waals surface area (Å²) in [5, 5.41) is 10.0. The predicted molar refractivity (Wildman–Crippen MR) is 106 cm³/mol. The maximum Gasteiger partial charge on any atom is 0.410 e. The quantitative estimate of drug-likeness (QED) is 0.880. The Balaban J connectivity index is 1.57. The lowest BCUT2D eigenvalue weighted by molar-refractivity contribution is -0.0501. The minimum Gasteiger partial charge on any atom is -0.444 e. The third-order valence-corrected chi connectivity index (χ3v) is 6.16. The van der Waals surface area contributed by atoms with Crippen LogP contribution in [-0.4, -0.2) is 59.4 Å². The van der Waals surface area contributed by atoms with Crippen molar-refractivity contribution >= 4 is 6.09 Å². The molecule has 2 aliphatic rings. The summed E-state index contributed by atoms with van der Waals surface area (Å²) in [5.74, 6) is 0.137. The van der Waals surface area contributed by atoms with Crippen molar-refractivity contribution in [2.75, 3.05) is 32.8 Å². The topological polar surface area (TPSA) is 53.0 Å². The van der Waals surface area contributed by atoms with Crippen LogP contribution in [0.2, 0.25) is 0 Å². The van der Waals surface area contributed by atoms with Gasteiger partial charge in [0.25, 0.3) is 0 Å². The molecular weight excluding hydrogens is 340 g/mol. The molecule has 2 aliphatic heterocycles. The molecule has 2 saturated heterocycles. The highest BCUT2D eigenvalue weighted by Crippen LogP contribution is 2.45. The lowest BCUT2D eigenvalue weighted by atomic mass is 9.64. The minimum absolute atomic E-state index is 0.137. The van der Waals surface area contributed by atoms with Crippen LogP contribution in [0.4, 0.5) is 4.79 Å². The fourth-order valence-corrected chi connectivity index (χ4v) is 4.51. The zero-order valence-electron chi connectivity index (χ0n) is 17.0. The van der Waals surface area contributed by atoms with Crippen molar-refractivity contribution in [3.8, 4) is 0 Å². The molecule has 27 heavy (non-hydrogen) atoms. The van der Waals surface area contributed by atoms with Gasteiger partial charge in [-0.15, -0.1) is 0 Å². The van der Waals surface area contributed by atoms with Gasteiger partial charge in [0.05, 0.1) is 0 Å². The highest BCUT2D eigenvalue weighted by molar-refractivity contribution is 5.68. The van der Waals surface area contributed by atoms with Crippen molar-refractivity contribution in [2.45, 2.75) is 52.2 Å². The molecule has 5 nitrogen and oxygen atoms in total. The van der Waals surface area contributed by atoms with Crippen molar-refractivity contribution in [1.82, 2.24) is 9.80 Å². The van der Waals surface area contributed by atoms with Crippen molar-refractivity contribution in [2.24, 2.45) is 11.3 Å². The molecule has 0 aromatic heterocycles. The van der Waals surface area contributed by atoms with E-state index in [2.05, 4.69) is 35.2 Å². The molecule has 0 unspecified atom stereocenters. The fourth-order valence-electron chi connectivity index (χ4n) is 4.51. The third-order valence-electron chi connectivity index (χ3n) is 6.16. The molecule has 1 spiro atoms. The van der Waals surface area contributed by atoms with Crippen LogP contribution in [0.15, 0.2) is 30.3 Å². The van der Waals surface area contributed by atoms with Gasteiger partial charge in [-0.2, -0.15) is 0 Å². The first-order valence-electron chi connectivity index (χ1n) is 10.2. The van der Waals surface area contributed by atoms with Crippen LogP contribution in [-0.2, 0) is 11.3 Å². The summed E-state index contributed by atoms with van der Waals surface area (Å²) in [5.41, 5.74) is 1.02. The number of piperidine rings is 2. The summed E-state index contributed by atoms with van der Waals surface area (Å²) in [6.45, 7) is 10.2. The molecule has 150 valence electrons. The number of hydrogen-bond donors (Lipinski definition) is 1. The van der Waals surface area contributed by atoms with E-state index in [9.17, 15) is 9.90 Å². The Hall–Kier alpha value is -1.59. The first-order chi connectivity index (χ1) is 12.8. The lowest BCUT2D eigenvalue weighted by Crippen LogP contribution is -2.55. The van der Waals surface area contributed by atoms with Crippen LogP contribution in [0.1, 0.15) is 45.6 Å². The molecule has 5 heteroatoms. The molecule has 0 saturated carbocycles. The van der Waals surface area contributed by atoms with Crippen LogP contribution in [0, 0.1) is 11.3 Å². The van der Waals surface area contributed by atoms with Gasteiger partial charge in [0.2, 0.25) is 0 Å². The van der Waals surface area contributed by atoms with Gasteiger partial charge in [0, 0.05) is 32.2 Å². The summed E-state index contributed by atoms with van der Waals surface area (Å²) < 4.78 is 5.53. The lowest BCUT2D eigenvalue weighted by Gasteiger charge is -2.51. The number of aliphatic hydroxyl groups excluding tert-OH is 1. The Labute approximate surface area is 163 Å². The molecule has 2 fully saturated rings. The third kappa shape index (κ3) is 5.02. The van der Waals surface area contributed by atoms with E-state index in [0.717, 1.165) is 45.4 Å². The molecule has 0 aliphatic carbocycles. The molecule has 1 N–H and O–H groups in total. The predicted octanol–water partition coefficient (Wildman–Crippen LogP) is 3.52. The van der Waals surface area contributed by atoms with E-state index >= 15 is 0 Å². The largest absolute Gasteiger partial charge is 0.444 e. The molecule has 1 amide bonds. The van der Waals surface area contributed by atoms with Crippen LogP contribution in [0.5, 0.6) is 0 Å². The maximum absolute atomic E-state index is 12.4. The Morgan fingerprint density at radius 3 is 2.37 bits per heavy atom. The number of benzene rings is 1. The fraction of sp³-hybridized carbons (Fsp3) is 0.682. The number of ether oxygens (including phenoxy) is 1. The van der Waals surface area contributed by atoms with E-state index < -0.39 is 5.60 Å². The van der Waals surface area contributed by atoms with Gasteiger partial charge in [-0.05, 0) is 64.1 Å². The smallest absolute Gasteiger partial charge is 0.410 e. The summed E-state index contributed by atoms with van der Waals surface area (Å²) in [6, 6.07) is 10.6. The van der Waals surface area contributed by atoms with Gasteiger partial charge in [-0.1, -0.05) is 30.3 Å². The Kier molecular flexibility index (Phi) is 6.11. The second-order valence-corrected chi connectivity index (χ2v) is 9.18. The molecular formula is C22H34N2O3. The average molecular weight is 375 g/mol. The van der Waals surface area contributed by atoms with E-state index in [1.54, 1.807) is 4.90 Å². The van der Waals surface area contributed by atoms with Crippen LogP contribution < -0.4 is 0 Å². The molecule has 0 bridgehead atoms. The summed E-state index contributed by atoms with van der Waals surface area (Å²) in [6.07, 6.45) is 2.88. The monoisotopic (exact) mass is 374 g/mol. The van der Waals surface area contributed by atoms with Gasteiger partial charge in [0.15, 0.2) is 0 Å². The number of hydrogen-bond acceptors (Lipinski definition) is 4. The average Bonchev–Trinajstić information content (AvgIpc) is 2.63. The second-order valence-electron chi connectivity index (χ2n) is 9.18. The van der Waals surface area contributed by atoms with Crippen LogP contribution in [0.25, 0.3) is 0 Å². The molecule has 3 rings (SSSR count). The Morgan fingerprint density at radius 1 is 1.15 bits per heavy atom. The van der Waals surface area contributed by atoms with E-state index in [1.165, 1.54) is 5.56 Å². The van der Waals surface area contributed by atoms with E-state index in [4.69, 9.17) is 4.74 Å². The summed E-state index contributed by atoms with van der Waals surface area (Å²) >= 11 is 0. The van der Waals surface area contributed by atoms with E-state index in [0.29, 0.717) is 6.54 Å². The molecule has 0 radical (unpaired) electrons. The number of rotatable bonds is 3. The maximum atomic E-state index is 12.4. The minimum atomic E-state index is -0.482. The van der Waals surface area contributed by atoms with Gasteiger partial charge in [0.1, 0.15) is 5.60 Å². The Morgan fingerprint density at radius 2 is 1.78 bits per heavy atom. The number of amides is 1. The van der Waals surface area contributed by atoms with Crippen LogP contribution >= 0.6 is 0 Å². The normalized spacial score (nSPS) is 23.4. The van der Waals surface area contributed by atoms with Crippen molar-refractivity contribution in [1.29, 1.82) is 0 Å². The first-order valence-corrected chi connectivity index (χ1v) is 10.2. The number of nitrogens with zero attached hydrogens (tertiary/aromatic N) is 2. The van der Waals surface area contributed by atoms with Crippen molar-refractivity contribution < 1.29 is 14.6 Å². The van der Waals surface area contributed by atoms with Crippen molar-refractivity contribution in [3.05, 3.63) is 35.9 Å². The zero-order valence-corrected chi connectivity index (χ0v) is 17.0. The zero-order chi connectivity index (χ0) is 19.5. The van der Waals surface area contributed by atoms with Crippen LogP contribution in [0.3, 0.4) is 0 Å². The highest BCUT2D eigenvalue weighted by Gasteiger charge is 2.45. The van der Waals surface area contributed by atoms with Gasteiger partial charge < -0.3 is 14.7 Å². The SMILES string of the molecule is CC(C)(C)OC(=O)N1CCC2(CCN(Cc3ccccc3)CC2)[C@@H](CO)C1. The van der Waals surface area contributed by atoms with Gasteiger partial charge in [-0.25, -0.2) is 4.79 Å². The molecule has 1 aromatic rings. The number of carbonyl (C=O) groups excluding carboxylic acids is 1. The number of carbonyl (C=O) groups is 1. The number of likely N-dealkylation sites (tertiary alicyclic amines) is 2. The first kappa shape index (κ1) is 20.2. The standard InChI is InChI=1S/C22H34N2O3/c1-21(2,3)27-20(26)24-14-11-22(19(16-24)17-25)9-12-23(13-10-22)15-18-7-5-4-6-8-18/h4-8,19,25H,9-17H2,1-3H3/t19-/m1/s1. The number of aliphatic hydroxyl groups is 1. The van der Waals surface area contributed by atoms with Gasteiger partial charge in [-0.3, -0.25) is 4.90 Å². The summed E-state index contributed by atoms with van der Waals surface area (Å²) in [4.78, 5) is 16.7. The molecule has 2 heterocycles. The second kappa shape index (κ2) is 8.19. The van der Waals surface area contributed by atoms with E-state index in [1.807, 2.05) is 20.8 Å². The van der Waals surface area contributed by atoms with Gasteiger partial charge >= 0.3 is 6.09 Å². The molecule has 1 aromatic carbocycles. The molecule has 1 atom stereocenters. The van der Waals surface area contributed by atoms with Crippen molar-refractivity contribution in [3.63, 3.8) is 0 Å². The van der Waals surface area contributed by atoms with E-state index in [-0.39, 0.29) is 24.0 Å². The summed E-state index contributed by atoms with van der Waals surface area (Å²) in [7, 11) is 0. The Bertz CT molecular complexity index is 618. The highest BCUT2D eigenvalue weighted by atomic mass is 16.6.